The highest BCUT2D eigenvalue weighted by Gasteiger charge is 2.17. The number of carbonyl (C=O) groups excluding carboxylic acids is 1. The lowest BCUT2D eigenvalue weighted by Gasteiger charge is -2.26. The fourth-order valence-corrected chi connectivity index (χ4v) is 1.95. The standard InChI is InChI=1S/C13H19N3O/c1-15-13(17)10-5-6-11(14)12(7-10)16-8-9-3-2-4-9/h5-7,9,16H,2-4,8,14H2,1H3,(H,15,17). The van der Waals surface area contributed by atoms with Crippen LogP contribution in [-0.4, -0.2) is 19.5 Å². The van der Waals surface area contributed by atoms with Crippen LogP contribution < -0.4 is 16.4 Å². The van der Waals surface area contributed by atoms with Crippen molar-refractivity contribution in [3.63, 3.8) is 0 Å². The Labute approximate surface area is 102 Å². The van der Waals surface area contributed by atoms with Crippen LogP contribution in [0, 0.1) is 5.92 Å². The van der Waals surface area contributed by atoms with E-state index in [4.69, 9.17) is 5.73 Å². The van der Waals surface area contributed by atoms with Gasteiger partial charge in [0.25, 0.3) is 5.91 Å². The summed E-state index contributed by atoms with van der Waals surface area (Å²) in [6, 6.07) is 5.32. The third-order valence-corrected chi connectivity index (χ3v) is 3.35. The maximum absolute atomic E-state index is 11.5. The average Bonchev–Trinajstić information content (AvgIpc) is 2.28. The molecule has 4 N–H and O–H groups in total. The van der Waals surface area contributed by atoms with Crippen LogP contribution in [0.15, 0.2) is 18.2 Å². The molecule has 0 spiro atoms. The second-order valence-corrected chi connectivity index (χ2v) is 4.56. The number of amides is 1. The molecule has 1 aliphatic carbocycles. The quantitative estimate of drug-likeness (QED) is 0.695. The molecule has 92 valence electrons. The minimum Gasteiger partial charge on any atom is -0.397 e. The maximum atomic E-state index is 11.5. The van der Waals surface area contributed by atoms with Crippen molar-refractivity contribution < 1.29 is 4.79 Å². The molecule has 0 heterocycles. The zero-order valence-corrected chi connectivity index (χ0v) is 10.1. The van der Waals surface area contributed by atoms with E-state index in [1.165, 1.54) is 19.3 Å². The van der Waals surface area contributed by atoms with Crippen LogP contribution in [0.2, 0.25) is 0 Å². The van der Waals surface area contributed by atoms with Crippen LogP contribution >= 0.6 is 0 Å². The van der Waals surface area contributed by atoms with E-state index in [-0.39, 0.29) is 5.91 Å². The number of rotatable bonds is 4. The van der Waals surface area contributed by atoms with Crippen molar-refractivity contribution in [2.45, 2.75) is 19.3 Å². The lowest BCUT2D eigenvalue weighted by atomic mass is 9.85. The van der Waals surface area contributed by atoms with Gasteiger partial charge < -0.3 is 16.4 Å². The Balaban J connectivity index is 2.05. The molecule has 1 saturated carbocycles. The molecule has 0 atom stereocenters. The van der Waals surface area contributed by atoms with E-state index in [0.717, 1.165) is 18.2 Å². The number of benzene rings is 1. The van der Waals surface area contributed by atoms with E-state index in [2.05, 4.69) is 10.6 Å². The molecule has 1 aromatic carbocycles. The molecule has 4 nitrogen and oxygen atoms in total. The smallest absolute Gasteiger partial charge is 0.251 e. The SMILES string of the molecule is CNC(=O)c1ccc(N)c(NCC2CCC2)c1. The molecule has 1 aromatic rings. The normalized spacial score (nSPS) is 15.1. The monoisotopic (exact) mass is 233 g/mol. The summed E-state index contributed by atoms with van der Waals surface area (Å²) in [6.07, 6.45) is 3.92. The number of nitrogen functional groups attached to an aromatic ring is 1. The summed E-state index contributed by atoms with van der Waals surface area (Å²) in [7, 11) is 1.63. The van der Waals surface area contributed by atoms with Crippen LogP contribution in [0.1, 0.15) is 29.6 Å². The fraction of sp³-hybridized carbons (Fsp3) is 0.462. The highest BCUT2D eigenvalue weighted by atomic mass is 16.1. The molecule has 0 unspecified atom stereocenters. The molecule has 17 heavy (non-hydrogen) atoms. The number of nitrogens with one attached hydrogen (secondary N) is 2. The third kappa shape index (κ3) is 2.70. The summed E-state index contributed by atoms with van der Waals surface area (Å²) in [5.74, 6) is 0.676. The Morgan fingerprint density at radius 2 is 2.24 bits per heavy atom. The number of carbonyl (C=O) groups is 1. The molecule has 0 aromatic heterocycles. The van der Waals surface area contributed by atoms with E-state index < -0.39 is 0 Å². The van der Waals surface area contributed by atoms with Gasteiger partial charge in [-0.05, 0) is 37.0 Å². The Morgan fingerprint density at radius 3 is 2.82 bits per heavy atom. The van der Waals surface area contributed by atoms with Gasteiger partial charge >= 0.3 is 0 Å². The van der Waals surface area contributed by atoms with Crippen molar-refractivity contribution in [2.75, 3.05) is 24.6 Å². The molecule has 0 aliphatic heterocycles. The van der Waals surface area contributed by atoms with Crippen molar-refractivity contribution >= 4 is 17.3 Å². The largest absolute Gasteiger partial charge is 0.397 e. The van der Waals surface area contributed by atoms with Crippen molar-refractivity contribution in [1.29, 1.82) is 0 Å². The van der Waals surface area contributed by atoms with Gasteiger partial charge in [-0.1, -0.05) is 6.42 Å². The zero-order chi connectivity index (χ0) is 12.3. The first kappa shape index (κ1) is 11.8. The molecule has 1 amide bonds. The number of hydrogen-bond acceptors (Lipinski definition) is 3. The summed E-state index contributed by atoms with van der Waals surface area (Å²) in [6.45, 7) is 0.946. The number of anilines is 2. The Bertz CT molecular complexity index is 413. The average molecular weight is 233 g/mol. The predicted octanol–water partition coefficient (Wildman–Crippen LogP) is 1.84. The first-order valence-corrected chi connectivity index (χ1v) is 6.06. The van der Waals surface area contributed by atoms with E-state index in [0.29, 0.717) is 11.3 Å². The summed E-state index contributed by atoms with van der Waals surface area (Å²) in [4.78, 5) is 11.5. The van der Waals surface area contributed by atoms with Gasteiger partial charge in [0.05, 0.1) is 11.4 Å². The molecule has 2 rings (SSSR count). The highest BCUT2D eigenvalue weighted by molar-refractivity contribution is 5.96. The van der Waals surface area contributed by atoms with E-state index in [1.807, 2.05) is 6.07 Å². The lowest BCUT2D eigenvalue weighted by molar-refractivity contribution is 0.0963. The van der Waals surface area contributed by atoms with E-state index in [1.54, 1.807) is 19.2 Å². The topological polar surface area (TPSA) is 67.2 Å². The summed E-state index contributed by atoms with van der Waals surface area (Å²) in [5.41, 5.74) is 8.07. The molecule has 1 aliphatic rings. The summed E-state index contributed by atoms with van der Waals surface area (Å²) < 4.78 is 0. The van der Waals surface area contributed by atoms with Gasteiger partial charge in [0.15, 0.2) is 0 Å². The zero-order valence-electron chi connectivity index (χ0n) is 10.1. The molecular formula is C13H19N3O. The minimum absolute atomic E-state index is 0.0864. The Hall–Kier alpha value is -1.71. The van der Waals surface area contributed by atoms with E-state index >= 15 is 0 Å². The molecule has 4 heteroatoms. The lowest BCUT2D eigenvalue weighted by Crippen LogP contribution is -2.22. The van der Waals surface area contributed by atoms with Crippen molar-refractivity contribution in [3.8, 4) is 0 Å². The van der Waals surface area contributed by atoms with Gasteiger partial charge in [0, 0.05) is 19.2 Å². The third-order valence-electron chi connectivity index (χ3n) is 3.35. The van der Waals surface area contributed by atoms with Gasteiger partial charge in [-0.25, -0.2) is 0 Å². The van der Waals surface area contributed by atoms with Crippen LogP contribution in [0.3, 0.4) is 0 Å². The second-order valence-electron chi connectivity index (χ2n) is 4.56. The Kier molecular flexibility index (Phi) is 3.52. The molecule has 1 fully saturated rings. The molecule has 0 radical (unpaired) electrons. The van der Waals surface area contributed by atoms with Crippen molar-refractivity contribution in [2.24, 2.45) is 5.92 Å². The van der Waals surface area contributed by atoms with Crippen molar-refractivity contribution in [1.82, 2.24) is 5.32 Å². The van der Waals surface area contributed by atoms with Gasteiger partial charge in [0.1, 0.15) is 0 Å². The Morgan fingerprint density at radius 1 is 1.47 bits per heavy atom. The van der Waals surface area contributed by atoms with Gasteiger partial charge in [-0.3, -0.25) is 4.79 Å². The molecule has 0 saturated heterocycles. The number of nitrogens with two attached hydrogens (primary N) is 1. The van der Waals surface area contributed by atoms with Gasteiger partial charge in [0.2, 0.25) is 0 Å². The van der Waals surface area contributed by atoms with Crippen molar-refractivity contribution in [3.05, 3.63) is 23.8 Å². The van der Waals surface area contributed by atoms with Gasteiger partial charge in [-0.2, -0.15) is 0 Å². The molecule has 0 bridgehead atoms. The summed E-state index contributed by atoms with van der Waals surface area (Å²) >= 11 is 0. The number of hydrogen-bond donors (Lipinski definition) is 3. The maximum Gasteiger partial charge on any atom is 0.251 e. The van der Waals surface area contributed by atoms with Crippen LogP contribution in [0.5, 0.6) is 0 Å². The van der Waals surface area contributed by atoms with Crippen LogP contribution in [0.4, 0.5) is 11.4 Å². The molecular weight excluding hydrogens is 214 g/mol. The van der Waals surface area contributed by atoms with Crippen LogP contribution in [-0.2, 0) is 0 Å². The second kappa shape index (κ2) is 5.08. The minimum atomic E-state index is -0.0864. The predicted molar refractivity (Wildman–Crippen MR) is 70.1 cm³/mol. The van der Waals surface area contributed by atoms with Crippen LogP contribution in [0.25, 0.3) is 0 Å². The van der Waals surface area contributed by atoms with Gasteiger partial charge in [-0.15, -0.1) is 0 Å². The van der Waals surface area contributed by atoms with E-state index in [9.17, 15) is 4.79 Å². The highest BCUT2D eigenvalue weighted by Crippen LogP contribution is 2.28. The first-order valence-electron chi connectivity index (χ1n) is 6.06. The fourth-order valence-electron chi connectivity index (χ4n) is 1.95. The summed E-state index contributed by atoms with van der Waals surface area (Å²) in [5, 5.41) is 5.94. The first-order chi connectivity index (χ1) is 8.20.